The molecule has 0 saturated heterocycles. The van der Waals surface area contributed by atoms with Gasteiger partial charge in [0.2, 0.25) is 5.91 Å². The normalized spacial score (nSPS) is 16.8. The molecule has 0 spiro atoms. The van der Waals surface area contributed by atoms with Gasteiger partial charge in [-0.2, -0.15) is 0 Å². The van der Waals surface area contributed by atoms with Gasteiger partial charge in [0.05, 0.1) is 0 Å². The summed E-state index contributed by atoms with van der Waals surface area (Å²) in [5.41, 5.74) is 1.97. The van der Waals surface area contributed by atoms with Crippen LogP contribution in [0.25, 0.3) is 0 Å². The van der Waals surface area contributed by atoms with Gasteiger partial charge in [0.1, 0.15) is 11.0 Å². The number of carbonyl (C=O) groups is 1. The molecule has 1 heterocycles. The zero-order chi connectivity index (χ0) is 14.2. The van der Waals surface area contributed by atoms with Gasteiger partial charge in [-0.05, 0) is 36.6 Å². The van der Waals surface area contributed by atoms with E-state index in [4.69, 9.17) is 0 Å². The Hall–Kier alpha value is -1.56. The molecule has 0 aliphatic carbocycles. The van der Waals surface area contributed by atoms with E-state index in [9.17, 15) is 18.3 Å². The minimum Gasteiger partial charge on any atom is -0.508 e. The number of amides is 1. The van der Waals surface area contributed by atoms with Crippen LogP contribution in [0, 0.1) is 0 Å². The van der Waals surface area contributed by atoms with E-state index in [2.05, 4.69) is 0 Å². The molecule has 19 heavy (non-hydrogen) atoms. The monoisotopic (exact) mass is 283 g/mol. The molecule has 104 valence electrons. The van der Waals surface area contributed by atoms with Gasteiger partial charge in [-0.15, -0.1) is 0 Å². The lowest BCUT2D eigenvalue weighted by atomic mass is 9.99. The van der Waals surface area contributed by atoms with E-state index in [0.717, 1.165) is 17.4 Å². The summed E-state index contributed by atoms with van der Waals surface area (Å²) in [4.78, 5) is 13.7. The summed E-state index contributed by atoms with van der Waals surface area (Å²) >= 11 is 0. The summed E-state index contributed by atoms with van der Waals surface area (Å²) in [5, 5.41) is 8.43. The summed E-state index contributed by atoms with van der Waals surface area (Å²) in [6.07, 6.45) is 1.75. The molecule has 1 aliphatic rings. The van der Waals surface area contributed by atoms with Crippen molar-refractivity contribution in [1.82, 2.24) is 4.90 Å². The first-order valence-electron chi connectivity index (χ1n) is 6.07. The zero-order valence-corrected chi connectivity index (χ0v) is 11.8. The van der Waals surface area contributed by atoms with E-state index < -0.39 is 15.1 Å². The number of rotatable bonds is 2. The van der Waals surface area contributed by atoms with Crippen LogP contribution < -0.4 is 0 Å². The zero-order valence-electron chi connectivity index (χ0n) is 11.0. The highest BCUT2D eigenvalue weighted by atomic mass is 32.2. The van der Waals surface area contributed by atoms with E-state index in [1.54, 1.807) is 12.1 Å². The standard InChI is InChI=1S/C13H17NO4S/c1-9(19(2,17)18)13(16)14-6-5-10-3-4-12(15)7-11(10)8-14/h3-4,7,9,15H,5-6,8H2,1-2H3. The smallest absolute Gasteiger partial charge is 0.240 e. The topological polar surface area (TPSA) is 74.7 Å². The van der Waals surface area contributed by atoms with Crippen LogP contribution >= 0.6 is 0 Å². The molecule has 0 radical (unpaired) electrons. The Balaban J connectivity index is 2.20. The van der Waals surface area contributed by atoms with Gasteiger partial charge in [0.25, 0.3) is 0 Å². The number of phenols is 1. The third-order valence-corrected chi connectivity index (χ3v) is 4.99. The Kier molecular flexibility index (Phi) is 3.54. The van der Waals surface area contributed by atoms with Crippen LogP contribution in [0.15, 0.2) is 18.2 Å². The Morgan fingerprint density at radius 2 is 2.05 bits per heavy atom. The summed E-state index contributed by atoms with van der Waals surface area (Å²) in [6.45, 7) is 2.27. The molecule has 1 N–H and O–H groups in total. The lowest BCUT2D eigenvalue weighted by Crippen LogP contribution is -2.43. The maximum Gasteiger partial charge on any atom is 0.240 e. The highest BCUT2D eigenvalue weighted by Crippen LogP contribution is 2.24. The fourth-order valence-corrected chi connectivity index (χ4v) is 2.69. The quantitative estimate of drug-likeness (QED) is 0.867. The molecule has 6 heteroatoms. The largest absolute Gasteiger partial charge is 0.508 e. The summed E-state index contributed by atoms with van der Waals surface area (Å²) < 4.78 is 22.9. The van der Waals surface area contributed by atoms with Crippen LogP contribution in [0.5, 0.6) is 5.75 Å². The highest BCUT2D eigenvalue weighted by Gasteiger charge is 2.30. The summed E-state index contributed by atoms with van der Waals surface area (Å²) in [6, 6.07) is 5.09. The lowest BCUT2D eigenvalue weighted by molar-refractivity contribution is -0.131. The van der Waals surface area contributed by atoms with Gasteiger partial charge in [0.15, 0.2) is 9.84 Å². The molecule has 1 aromatic carbocycles. The van der Waals surface area contributed by atoms with Crippen LogP contribution in [0.2, 0.25) is 0 Å². The van der Waals surface area contributed by atoms with Crippen molar-refractivity contribution < 1.29 is 18.3 Å². The molecule has 1 unspecified atom stereocenters. The molecule has 1 aliphatic heterocycles. The second-order valence-electron chi connectivity index (χ2n) is 4.93. The molecule has 0 aromatic heterocycles. The number of aromatic hydroxyl groups is 1. The SMILES string of the molecule is CC(C(=O)N1CCc2ccc(O)cc2C1)S(C)(=O)=O. The number of nitrogens with zero attached hydrogens (tertiary/aromatic N) is 1. The maximum atomic E-state index is 12.1. The van der Waals surface area contributed by atoms with Crippen molar-refractivity contribution in [1.29, 1.82) is 0 Å². The average Bonchev–Trinajstić information content (AvgIpc) is 2.35. The number of carbonyl (C=O) groups excluding carboxylic acids is 1. The minimum absolute atomic E-state index is 0.157. The number of hydrogen-bond acceptors (Lipinski definition) is 4. The van der Waals surface area contributed by atoms with Gasteiger partial charge in [0, 0.05) is 19.3 Å². The van der Waals surface area contributed by atoms with Gasteiger partial charge < -0.3 is 10.0 Å². The van der Waals surface area contributed by atoms with Crippen molar-refractivity contribution in [3.8, 4) is 5.75 Å². The third-order valence-electron chi connectivity index (χ3n) is 3.50. The fraction of sp³-hybridized carbons (Fsp3) is 0.462. The van der Waals surface area contributed by atoms with Crippen LogP contribution in [0.1, 0.15) is 18.1 Å². The number of sulfone groups is 1. The lowest BCUT2D eigenvalue weighted by Gasteiger charge is -2.30. The summed E-state index contributed by atoms with van der Waals surface area (Å²) in [7, 11) is -3.38. The van der Waals surface area contributed by atoms with E-state index >= 15 is 0 Å². The number of hydrogen-bond donors (Lipinski definition) is 1. The predicted octanol–water partition coefficient (Wildman–Crippen LogP) is 0.710. The van der Waals surface area contributed by atoms with Gasteiger partial charge in [-0.25, -0.2) is 8.42 Å². The molecule has 2 rings (SSSR count). The van der Waals surface area contributed by atoms with Crippen molar-refractivity contribution in [2.75, 3.05) is 12.8 Å². The van der Waals surface area contributed by atoms with Crippen molar-refractivity contribution in [3.63, 3.8) is 0 Å². The first-order chi connectivity index (χ1) is 8.79. The van der Waals surface area contributed by atoms with Crippen LogP contribution in [-0.4, -0.2) is 42.4 Å². The Bertz CT molecular complexity index is 609. The molecule has 0 fully saturated rings. The second-order valence-corrected chi connectivity index (χ2v) is 7.30. The number of fused-ring (bicyclic) bond motifs is 1. The first-order valence-corrected chi connectivity index (χ1v) is 8.03. The Labute approximate surface area is 112 Å². The van der Waals surface area contributed by atoms with Gasteiger partial charge in [-0.3, -0.25) is 4.79 Å². The van der Waals surface area contributed by atoms with Gasteiger partial charge in [-0.1, -0.05) is 6.07 Å². The van der Waals surface area contributed by atoms with Gasteiger partial charge >= 0.3 is 0 Å². The molecule has 1 atom stereocenters. The fourth-order valence-electron chi connectivity index (χ4n) is 2.17. The number of phenolic OH excluding ortho intramolecular Hbond substituents is 1. The first kappa shape index (κ1) is 13.9. The highest BCUT2D eigenvalue weighted by molar-refractivity contribution is 7.92. The second kappa shape index (κ2) is 4.85. The van der Waals surface area contributed by atoms with Crippen molar-refractivity contribution >= 4 is 15.7 Å². The molecule has 0 bridgehead atoms. The van der Waals surface area contributed by atoms with Crippen LogP contribution in [0.3, 0.4) is 0 Å². The molecule has 1 aromatic rings. The van der Waals surface area contributed by atoms with Crippen molar-refractivity contribution in [3.05, 3.63) is 29.3 Å². The molecule has 5 nitrogen and oxygen atoms in total. The van der Waals surface area contributed by atoms with E-state index in [1.807, 2.05) is 6.07 Å². The molecular formula is C13H17NO4S. The Morgan fingerprint density at radius 3 is 2.68 bits per heavy atom. The maximum absolute atomic E-state index is 12.1. The van der Waals surface area contributed by atoms with Crippen molar-refractivity contribution in [2.24, 2.45) is 0 Å². The summed E-state index contributed by atoms with van der Waals surface area (Å²) in [5.74, 6) is -0.222. The van der Waals surface area contributed by atoms with E-state index in [-0.39, 0.29) is 11.7 Å². The minimum atomic E-state index is -3.38. The molecular weight excluding hydrogens is 266 g/mol. The van der Waals surface area contributed by atoms with E-state index in [0.29, 0.717) is 19.5 Å². The number of benzene rings is 1. The van der Waals surface area contributed by atoms with Crippen LogP contribution in [0.4, 0.5) is 0 Å². The predicted molar refractivity (Wildman–Crippen MR) is 71.5 cm³/mol. The third kappa shape index (κ3) is 2.89. The molecule has 0 saturated carbocycles. The Morgan fingerprint density at radius 1 is 1.37 bits per heavy atom. The average molecular weight is 283 g/mol. The molecule has 1 amide bonds. The van der Waals surface area contributed by atoms with Crippen molar-refractivity contribution in [2.45, 2.75) is 25.1 Å². The van der Waals surface area contributed by atoms with E-state index in [1.165, 1.54) is 11.8 Å². The van der Waals surface area contributed by atoms with Crippen LogP contribution in [-0.2, 0) is 27.6 Å².